The Hall–Kier alpha value is -2.15. The van der Waals surface area contributed by atoms with E-state index in [-0.39, 0.29) is 22.6 Å². The molecule has 112 valence electrons. The van der Waals surface area contributed by atoms with Gasteiger partial charge in [-0.3, -0.25) is 14.9 Å². The molecule has 1 fully saturated rings. The van der Waals surface area contributed by atoms with E-state index >= 15 is 0 Å². The highest BCUT2D eigenvalue weighted by molar-refractivity contribution is 5.95. The Kier molecular flexibility index (Phi) is 3.50. The molecule has 0 bridgehead atoms. The Morgan fingerprint density at radius 2 is 2.24 bits per heavy atom. The summed E-state index contributed by atoms with van der Waals surface area (Å²) in [6, 6.07) is 3.48. The number of nitro benzene ring substituents is 1. The van der Waals surface area contributed by atoms with Gasteiger partial charge in [0.2, 0.25) is 5.91 Å². The average molecular weight is 290 g/mol. The van der Waals surface area contributed by atoms with Crippen LogP contribution in [0.4, 0.5) is 17.1 Å². The topological polar surface area (TPSA) is 87.5 Å². The van der Waals surface area contributed by atoms with Crippen LogP contribution < -0.4 is 10.6 Å². The fraction of sp³-hybridized carbons (Fsp3) is 0.500. The summed E-state index contributed by atoms with van der Waals surface area (Å²) in [6.45, 7) is 1.84. The molecule has 1 aromatic rings. The van der Waals surface area contributed by atoms with Crippen molar-refractivity contribution >= 4 is 23.0 Å². The van der Waals surface area contributed by atoms with Crippen molar-refractivity contribution in [2.24, 2.45) is 0 Å². The van der Waals surface area contributed by atoms with Crippen LogP contribution in [0.25, 0.3) is 0 Å². The molecule has 0 aromatic heterocycles. The summed E-state index contributed by atoms with van der Waals surface area (Å²) in [5.41, 5.74) is 2.08. The number of hydrogen-bond acceptors (Lipinski definition) is 5. The zero-order valence-corrected chi connectivity index (χ0v) is 11.9. The van der Waals surface area contributed by atoms with E-state index in [0.29, 0.717) is 24.2 Å². The average Bonchev–Trinajstić information content (AvgIpc) is 2.83. The number of hydrogen-bond donors (Lipinski definition) is 2. The van der Waals surface area contributed by atoms with E-state index in [1.165, 1.54) is 0 Å². The van der Waals surface area contributed by atoms with Gasteiger partial charge >= 0.3 is 0 Å². The minimum absolute atomic E-state index is 0.0390. The molecule has 1 atom stereocenters. The number of benzene rings is 1. The number of nitrogens with zero attached hydrogens (tertiary/aromatic N) is 2. The lowest BCUT2D eigenvalue weighted by molar-refractivity contribution is -0.384. The second-order valence-electron chi connectivity index (χ2n) is 5.72. The maximum atomic E-state index is 11.5. The van der Waals surface area contributed by atoms with Gasteiger partial charge in [0.25, 0.3) is 5.69 Å². The highest BCUT2D eigenvalue weighted by Crippen LogP contribution is 2.35. The number of aryl methyl sites for hydroxylation is 1. The Bertz CT molecular complexity index is 602. The molecular formula is C14H18N4O3. The number of nitrogens with one attached hydrogen (secondary N) is 2. The third-order valence-electron chi connectivity index (χ3n) is 4.06. The van der Waals surface area contributed by atoms with Gasteiger partial charge in [-0.05, 0) is 38.1 Å². The van der Waals surface area contributed by atoms with E-state index < -0.39 is 0 Å². The maximum absolute atomic E-state index is 11.5. The summed E-state index contributed by atoms with van der Waals surface area (Å²) in [6.07, 6.45) is 1.88. The van der Waals surface area contributed by atoms with E-state index in [1.807, 2.05) is 7.05 Å². The lowest BCUT2D eigenvalue weighted by Crippen LogP contribution is -2.25. The van der Waals surface area contributed by atoms with Crippen LogP contribution in [0.2, 0.25) is 0 Å². The lowest BCUT2D eigenvalue weighted by Gasteiger charge is -2.20. The molecule has 3 rings (SSSR count). The van der Waals surface area contributed by atoms with Gasteiger partial charge in [0, 0.05) is 30.8 Å². The standard InChI is InChI=1S/C14H18N4O3/c1-17-5-4-10(8-17)15-12-7-11-9(2-3-14(19)16-11)6-13(12)18(20)21/h6-7,10,15H,2-5,8H2,1H3,(H,16,19). The lowest BCUT2D eigenvalue weighted by atomic mass is 10.0. The normalized spacial score (nSPS) is 21.8. The van der Waals surface area contributed by atoms with Gasteiger partial charge in [-0.15, -0.1) is 0 Å². The van der Waals surface area contributed by atoms with Crippen LogP contribution in [-0.4, -0.2) is 41.9 Å². The van der Waals surface area contributed by atoms with Crippen LogP contribution in [0.1, 0.15) is 18.4 Å². The van der Waals surface area contributed by atoms with Gasteiger partial charge in [0.05, 0.1) is 4.92 Å². The highest BCUT2D eigenvalue weighted by atomic mass is 16.6. The van der Waals surface area contributed by atoms with E-state index in [9.17, 15) is 14.9 Å². The summed E-state index contributed by atoms with van der Waals surface area (Å²) in [5, 5.41) is 17.3. The SMILES string of the molecule is CN1CCC(Nc2cc3c(cc2[N+](=O)[O-])CCC(=O)N3)C1. The van der Waals surface area contributed by atoms with Gasteiger partial charge in [0.1, 0.15) is 5.69 Å². The van der Waals surface area contributed by atoms with Crippen LogP contribution in [0.5, 0.6) is 0 Å². The van der Waals surface area contributed by atoms with E-state index in [4.69, 9.17) is 0 Å². The molecule has 21 heavy (non-hydrogen) atoms. The van der Waals surface area contributed by atoms with Crippen molar-refractivity contribution in [2.45, 2.75) is 25.3 Å². The fourth-order valence-electron chi connectivity index (χ4n) is 2.96. The van der Waals surface area contributed by atoms with Crippen LogP contribution in [-0.2, 0) is 11.2 Å². The number of anilines is 2. The van der Waals surface area contributed by atoms with Gasteiger partial charge < -0.3 is 15.5 Å². The minimum atomic E-state index is -0.363. The number of likely N-dealkylation sites (N-methyl/N-ethyl adjacent to an activating group) is 1. The monoisotopic (exact) mass is 290 g/mol. The first-order chi connectivity index (χ1) is 10.0. The zero-order chi connectivity index (χ0) is 15.0. The Morgan fingerprint density at radius 3 is 2.90 bits per heavy atom. The summed E-state index contributed by atoms with van der Waals surface area (Å²) >= 11 is 0. The zero-order valence-electron chi connectivity index (χ0n) is 11.9. The number of carbonyl (C=O) groups is 1. The van der Waals surface area contributed by atoms with Crippen molar-refractivity contribution in [3.63, 3.8) is 0 Å². The number of rotatable bonds is 3. The van der Waals surface area contributed by atoms with Crippen molar-refractivity contribution in [3.8, 4) is 0 Å². The molecule has 0 saturated carbocycles. The smallest absolute Gasteiger partial charge is 0.292 e. The number of amides is 1. The molecule has 2 N–H and O–H groups in total. The molecular weight excluding hydrogens is 272 g/mol. The predicted octanol–water partition coefficient (Wildman–Crippen LogP) is 1.60. The largest absolute Gasteiger partial charge is 0.375 e. The quantitative estimate of drug-likeness (QED) is 0.652. The van der Waals surface area contributed by atoms with Crippen LogP contribution in [0.15, 0.2) is 12.1 Å². The first-order valence-corrected chi connectivity index (χ1v) is 7.09. The molecule has 1 amide bonds. The molecule has 0 aliphatic carbocycles. The van der Waals surface area contributed by atoms with Crippen molar-refractivity contribution in [1.29, 1.82) is 0 Å². The molecule has 0 spiro atoms. The number of likely N-dealkylation sites (tertiary alicyclic amines) is 1. The molecule has 2 aliphatic rings. The second-order valence-corrected chi connectivity index (χ2v) is 5.72. The van der Waals surface area contributed by atoms with Gasteiger partial charge in [-0.25, -0.2) is 0 Å². The molecule has 2 heterocycles. The number of fused-ring (bicyclic) bond motifs is 1. The molecule has 1 aromatic carbocycles. The summed E-state index contributed by atoms with van der Waals surface area (Å²) < 4.78 is 0. The van der Waals surface area contributed by atoms with Gasteiger partial charge in [-0.2, -0.15) is 0 Å². The number of nitro groups is 1. The summed E-state index contributed by atoms with van der Waals surface area (Å²) in [7, 11) is 2.03. The van der Waals surface area contributed by atoms with E-state index in [0.717, 1.165) is 25.1 Å². The molecule has 7 heteroatoms. The summed E-state index contributed by atoms with van der Waals surface area (Å²) in [4.78, 5) is 24.6. The van der Waals surface area contributed by atoms with E-state index in [2.05, 4.69) is 15.5 Å². The summed E-state index contributed by atoms with van der Waals surface area (Å²) in [5.74, 6) is -0.0390. The first kappa shape index (κ1) is 13.8. The molecule has 7 nitrogen and oxygen atoms in total. The fourth-order valence-corrected chi connectivity index (χ4v) is 2.96. The van der Waals surface area contributed by atoms with Crippen LogP contribution >= 0.6 is 0 Å². The molecule has 1 saturated heterocycles. The van der Waals surface area contributed by atoms with Gasteiger partial charge in [-0.1, -0.05) is 0 Å². The number of carbonyl (C=O) groups excluding carboxylic acids is 1. The Balaban J connectivity index is 1.91. The van der Waals surface area contributed by atoms with Crippen molar-refractivity contribution in [3.05, 3.63) is 27.8 Å². The predicted molar refractivity (Wildman–Crippen MR) is 79.6 cm³/mol. The molecule has 1 unspecified atom stereocenters. The Labute approximate surface area is 122 Å². The van der Waals surface area contributed by atoms with Crippen molar-refractivity contribution in [2.75, 3.05) is 30.8 Å². The molecule has 0 radical (unpaired) electrons. The van der Waals surface area contributed by atoms with Crippen molar-refractivity contribution < 1.29 is 9.72 Å². The van der Waals surface area contributed by atoms with Crippen LogP contribution in [0, 0.1) is 10.1 Å². The Morgan fingerprint density at radius 1 is 1.43 bits per heavy atom. The van der Waals surface area contributed by atoms with E-state index in [1.54, 1.807) is 12.1 Å². The third-order valence-corrected chi connectivity index (χ3v) is 4.06. The third kappa shape index (κ3) is 2.82. The highest BCUT2D eigenvalue weighted by Gasteiger charge is 2.26. The molecule has 2 aliphatic heterocycles. The minimum Gasteiger partial charge on any atom is -0.375 e. The van der Waals surface area contributed by atoms with Crippen LogP contribution in [0.3, 0.4) is 0 Å². The maximum Gasteiger partial charge on any atom is 0.292 e. The first-order valence-electron chi connectivity index (χ1n) is 7.09. The second kappa shape index (κ2) is 5.33. The van der Waals surface area contributed by atoms with Crippen molar-refractivity contribution in [1.82, 2.24) is 4.90 Å². The van der Waals surface area contributed by atoms with Gasteiger partial charge in [0.15, 0.2) is 0 Å².